The van der Waals surface area contributed by atoms with Crippen molar-refractivity contribution in [3.63, 3.8) is 0 Å². The molecular formula is C11H21NO5S. The maximum atomic E-state index is 11.8. The topological polar surface area (TPSA) is 72.9 Å². The van der Waals surface area contributed by atoms with Crippen molar-refractivity contribution < 1.29 is 22.1 Å². The maximum absolute atomic E-state index is 11.8. The average Bonchev–Trinajstić information content (AvgIpc) is 2.70. The summed E-state index contributed by atoms with van der Waals surface area (Å²) in [5, 5.41) is 0. The standard InChI is InChI=1S/C11H21NO5S/c1-9(2)7-16-11(13)12-6-4-5-10(12)8-17-18(3,14)15/h9-10H,4-8H2,1-3H3. The van der Waals surface area contributed by atoms with E-state index in [0.717, 1.165) is 19.1 Å². The molecule has 1 rings (SSSR count). The van der Waals surface area contributed by atoms with Gasteiger partial charge in [-0.2, -0.15) is 8.42 Å². The quantitative estimate of drug-likeness (QED) is 0.707. The molecule has 0 aliphatic carbocycles. The van der Waals surface area contributed by atoms with Crippen molar-refractivity contribution in [1.82, 2.24) is 4.90 Å². The highest BCUT2D eigenvalue weighted by molar-refractivity contribution is 7.85. The van der Waals surface area contributed by atoms with Gasteiger partial charge in [-0.3, -0.25) is 4.18 Å². The Hall–Kier alpha value is -0.820. The fourth-order valence-electron chi connectivity index (χ4n) is 1.77. The van der Waals surface area contributed by atoms with Gasteiger partial charge in [0.2, 0.25) is 0 Å². The van der Waals surface area contributed by atoms with E-state index in [4.69, 9.17) is 8.92 Å². The van der Waals surface area contributed by atoms with E-state index in [1.54, 1.807) is 4.90 Å². The number of amides is 1. The van der Waals surface area contributed by atoms with Gasteiger partial charge in [0.1, 0.15) is 0 Å². The molecule has 1 aliphatic heterocycles. The van der Waals surface area contributed by atoms with Crippen molar-refractivity contribution in [3.05, 3.63) is 0 Å². The third-order valence-corrected chi connectivity index (χ3v) is 3.19. The molecule has 106 valence electrons. The second-order valence-electron chi connectivity index (χ2n) is 4.95. The lowest BCUT2D eigenvalue weighted by molar-refractivity contribution is 0.0797. The lowest BCUT2D eigenvalue weighted by Crippen LogP contribution is -2.39. The maximum Gasteiger partial charge on any atom is 0.410 e. The molecule has 0 radical (unpaired) electrons. The predicted molar refractivity (Wildman–Crippen MR) is 66.7 cm³/mol. The summed E-state index contributed by atoms with van der Waals surface area (Å²) in [4.78, 5) is 13.3. The molecule has 0 spiro atoms. The zero-order valence-corrected chi connectivity index (χ0v) is 11.9. The summed E-state index contributed by atoms with van der Waals surface area (Å²) in [7, 11) is -3.47. The molecule has 1 aliphatic rings. The third-order valence-electron chi connectivity index (χ3n) is 2.63. The highest BCUT2D eigenvalue weighted by atomic mass is 32.2. The monoisotopic (exact) mass is 279 g/mol. The first-order valence-corrected chi connectivity index (χ1v) is 7.89. The molecule has 0 aromatic heterocycles. The SMILES string of the molecule is CC(C)COC(=O)N1CCCC1COS(C)(=O)=O. The zero-order chi connectivity index (χ0) is 13.8. The number of hydrogen-bond acceptors (Lipinski definition) is 5. The van der Waals surface area contributed by atoms with E-state index in [1.165, 1.54) is 0 Å². The second kappa shape index (κ2) is 6.38. The number of ether oxygens (including phenoxy) is 1. The van der Waals surface area contributed by atoms with Gasteiger partial charge in [-0.05, 0) is 18.8 Å². The van der Waals surface area contributed by atoms with Gasteiger partial charge in [0, 0.05) is 6.54 Å². The Morgan fingerprint density at radius 3 is 2.67 bits per heavy atom. The van der Waals surface area contributed by atoms with Crippen molar-refractivity contribution in [3.8, 4) is 0 Å². The van der Waals surface area contributed by atoms with Crippen molar-refractivity contribution in [2.45, 2.75) is 32.7 Å². The second-order valence-corrected chi connectivity index (χ2v) is 6.59. The molecule has 1 unspecified atom stereocenters. The number of carbonyl (C=O) groups is 1. The van der Waals surface area contributed by atoms with Gasteiger partial charge in [0.05, 0.1) is 25.5 Å². The molecule has 1 amide bonds. The van der Waals surface area contributed by atoms with Gasteiger partial charge in [0.15, 0.2) is 0 Å². The third kappa shape index (κ3) is 5.22. The molecule has 0 bridgehead atoms. The van der Waals surface area contributed by atoms with Gasteiger partial charge >= 0.3 is 6.09 Å². The van der Waals surface area contributed by atoms with Crippen LogP contribution in [0, 0.1) is 5.92 Å². The molecule has 1 atom stereocenters. The van der Waals surface area contributed by atoms with Crippen LogP contribution in [0.25, 0.3) is 0 Å². The zero-order valence-electron chi connectivity index (χ0n) is 11.1. The Morgan fingerprint density at radius 1 is 1.44 bits per heavy atom. The number of rotatable bonds is 5. The van der Waals surface area contributed by atoms with Crippen LogP contribution in [0.15, 0.2) is 0 Å². The van der Waals surface area contributed by atoms with Crippen LogP contribution in [0.3, 0.4) is 0 Å². The Labute approximate surface area is 108 Å². The van der Waals surface area contributed by atoms with E-state index in [2.05, 4.69) is 0 Å². The summed E-state index contributed by atoms with van der Waals surface area (Å²) in [5.41, 5.74) is 0. The molecule has 0 aromatic rings. The number of hydrogen-bond donors (Lipinski definition) is 0. The summed E-state index contributed by atoms with van der Waals surface area (Å²) in [6, 6.07) is -0.209. The van der Waals surface area contributed by atoms with E-state index in [0.29, 0.717) is 13.2 Å². The first-order chi connectivity index (χ1) is 8.29. The Kier molecular flexibility index (Phi) is 5.40. The first kappa shape index (κ1) is 15.2. The van der Waals surface area contributed by atoms with Crippen LogP contribution < -0.4 is 0 Å². The lowest BCUT2D eigenvalue weighted by Gasteiger charge is -2.23. The number of nitrogens with zero attached hydrogens (tertiary/aromatic N) is 1. The summed E-state index contributed by atoms with van der Waals surface area (Å²) in [6.45, 7) is 4.89. The molecule has 0 saturated carbocycles. The average molecular weight is 279 g/mol. The van der Waals surface area contributed by atoms with Crippen molar-refractivity contribution >= 4 is 16.2 Å². The summed E-state index contributed by atoms with van der Waals surface area (Å²) in [6.07, 6.45) is 2.20. The minimum absolute atomic E-state index is 0.00954. The summed E-state index contributed by atoms with van der Waals surface area (Å²) < 4.78 is 31.7. The normalized spacial score (nSPS) is 20.4. The minimum atomic E-state index is -3.47. The molecule has 0 N–H and O–H groups in total. The molecule has 6 nitrogen and oxygen atoms in total. The van der Waals surface area contributed by atoms with Crippen molar-refractivity contribution in [2.75, 3.05) is 26.0 Å². The molecule has 1 fully saturated rings. The Balaban J connectivity index is 2.46. The molecule has 1 heterocycles. The lowest BCUT2D eigenvalue weighted by atomic mass is 10.2. The highest BCUT2D eigenvalue weighted by Gasteiger charge is 2.30. The largest absolute Gasteiger partial charge is 0.449 e. The van der Waals surface area contributed by atoms with Gasteiger partial charge in [-0.25, -0.2) is 4.79 Å². The van der Waals surface area contributed by atoms with E-state index in [-0.39, 0.29) is 24.7 Å². The van der Waals surface area contributed by atoms with E-state index < -0.39 is 10.1 Å². The van der Waals surface area contributed by atoms with Gasteiger partial charge < -0.3 is 9.64 Å². The first-order valence-electron chi connectivity index (χ1n) is 6.07. The summed E-state index contributed by atoms with van der Waals surface area (Å²) in [5.74, 6) is 0.280. The summed E-state index contributed by atoms with van der Waals surface area (Å²) >= 11 is 0. The van der Waals surface area contributed by atoms with Crippen LogP contribution in [-0.2, 0) is 19.0 Å². The fraction of sp³-hybridized carbons (Fsp3) is 0.909. The highest BCUT2D eigenvalue weighted by Crippen LogP contribution is 2.19. The van der Waals surface area contributed by atoms with Gasteiger partial charge in [-0.1, -0.05) is 13.8 Å². The number of carbonyl (C=O) groups excluding carboxylic acids is 1. The van der Waals surface area contributed by atoms with Crippen LogP contribution in [0.4, 0.5) is 4.79 Å². The molecular weight excluding hydrogens is 258 g/mol. The van der Waals surface area contributed by atoms with Gasteiger partial charge in [0.25, 0.3) is 10.1 Å². The van der Waals surface area contributed by atoms with Gasteiger partial charge in [-0.15, -0.1) is 0 Å². The fourth-order valence-corrected chi connectivity index (χ4v) is 2.18. The van der Waals surface area contributed by atoms with Crippen LogP contribution in [-0.4, -0.2) is 51.5 Å². The van der Waals surface area contributed by atoms with Crippen LogP contribution >= 0.6 is 0 Å². The number of likely N-dealkylation sites (tertiary alicyclic amines) is 1. The smallest absolute Gasteiger partial charge is 0.410 e. The van der Waals surface area contributed by atoms with Crippen LogP contribution in [0.2, 0.25) is 0 Å². The van der Waals surface area contributed by atoms with E-state index in [1.807, 2.05) is 13.8 Å². The van der Waals surface area contributed by atoms with Crippen LogP contribution in [0.5, 0.6) is 0 Å². The van der Waals surface area contributed by atoms with Crippen molar-refractivity contribution in [2.24, 2.45) is 5.92 Å². The van der Waals surface area contributed by atoms with Crippen LogP contribution in [0.1, 0.15) is 26.7 Å². The minimum Gasteiger partial charge on any atom is -0.449 e. The van der Waals surface area contributed by atoms with Crippen molar-refractivity contribution in [1.29, 1.82) is 0 Å². The molecule has 1 saturated heterocycles. The van der Waals surface area contributed by atoms with E-state index in [9.17, 15) is 13.2 Å². The molecule has 0 aromatic carbocycles. The predicted octanol–water partition coefficient (Wildman–Crippen LogP) is 1.22. The molecule has 18 heavy (non-hydrogen) atoms. The van der Waals surface area contributed by atoms with E-state index >= 15 is 0 Å². The molecule has 7 heteroatoms. The Bertz CT molecular complexity index is 379. The Morgan fingerprint density at radius 2 is 2.11 bits per heavy atom.